The number of phosphoric ester groups is 2. The molecular weight excluding hydrogens is 1330 g/mol. The predicted octanol–water partition coefficient (Wildman–Crippen LogP) is 23.1. The normalized spacial score (nSPS) is 14.5. The van der Waals surface area contributed by atoms with E-state index in [-0.39, 0.29) is 25.7 Å². The summed E-state index contributed by atoms with van der Waals surface area (Å²) >= 11 is 0. The van der Waals surface area contributed by atoms with Crippen LogP contribution in [-0.4, -0.2) is 96.7 Å². The van der Waals surface area contributed by atoms with Gasteiger partial charge in [-0.15, -0.1) is 0 Å². The minimum atomic E-state index is -4.99. The fourth-order valence-electron chi connectivity index (χ4n) is 10.4. The number of esters is 4. The van der Waals surface area contributed by atoms with Crippen molar-refractivity contribution in [1.29, 1.82) is 0 Å². The van der Waals surface area contributed by atoms with Gasteiger partial charge in [-0.05, 0) is 154 Å². The predicted molar refractivity (Wildman–Crippen MR) is 418 cm³/mol. The highest BCUT2D eigenvalue weighted by molar-refractivity contribution is 7.47. The number of hydrogen-bond acceptors (Lipinski definition) is 15. The van der Waals surface area contributed by atoms with Gasteiger partial charge >= 0.3 is 39.5 Å². The van der Waals surface area contributed by atoms with Gasteiger partial charge in [0, 0.05) is 25.7 Å². The Kier molecular flexibility index (Phi) is 71.4. The first kappa shape index (κ1) is 97.5. The standard InChI is InChI=1S/C83H142O17P2/c1-5-9-13-17-21-25-29-33-36-37-38-39-42-45-48-52-56-60-64-68-81(86)94-74-79(100-83(88)70-66-62-58-54-50-46-41-35-31-27-23-19-15-11-7-3)76-98-102(91,92)96-72-77(84)71-95-101(89,90)97-75-78(99-82(87)69-65-61-57-53-49-43-32-28-24-20-16-12-8-4)73-93-80(85)67-63-59-55-51-47-44-40-34-30-26-22-18-14-10-6-2/h9-10,13-14,21-22,25-26,28,32-36,38-41,47,51,77-79,84H,5-8,11-12,15-20,23-24,27,29-31,37,42-46,48-50,52-76H2,1-4H3,(H,89,90)(H,91,92)/b13-9-,14-10-,25-21-,26-22-,32-28-,36-33-,39-38-,40-34-,41-35-,51-47-. The molecule has 0 aliphatic heterocycles. The molecule has 0 aliphatic carbocycles. The smallest absolute Gasteiger partial charge is 0.462 e. The zero-order valence-corrected chi connectivity index (χ0v) is 65.8. The third-order valence-electron chi connectivity index (χ3n) is 16.4. The van der Waals surface area contributed by atoms with Crippen LogP contribution < -0.4 is 0 Å². The summed E-state index contributed by atoms with van der Waals surface area (Å²) in [5, 5.41) is 10.6. The minimum Gasteiger partial charge on any atom is -0.462 e. The topological polar surface area (TPSA) is 237 Å². The highest BCUT2D eigenvalue weighted by Crippen LogP contribution is 2.45. The van der Waals surface area contributed by atoms with E-state index >= 15 is 0 Å². The molecule has 0 aromatic rings. The van der Waals surface area contributed by atoms with Crippen LogP contribution in [0.3, 0.4) is 0 Å². The maximum Gasteiger partial charge on any atom is 0.472 e. The summed E-state index contributed by atoms with van der Waals surface area (Å²) in [6.07, 6.45) is 81.8. The van der Waals surface area contributed by atoms with Crippen LogP contribution in [0.4, 0.5) is 0 Å². The second-order valence-corrected chi connectivity index (χ2v) is 29.1. The lowest BCUT2D eigenvalue weighted by molar-refractivity contribution is -0.161. The van der Waals surface area contributed by atoms with Gasteiger partial charge in [-0.2, -0.15) is 0 Å². The van der Waals surface area contributed by atoms with E-state index in [0.29, 0.717) is 25.7 Å². The summed E-state index contributed by atoms with van der Waals surface area (Å²) in [5.41, 5.74) is 0. The third kappa shape index (κ3) is 73.8. The summed E-state index contributed by atoms with van der Waals surface area (Å²) < 4.78 is 68.5. The zero-order chi connectivity index (χ0) is 74.6. The largest absolute Gasteiger partial charge is 0.472 e. The Morgan fingerprint density at radius 2 is 0.510 bits per heavy atom. The van der Waals surface area contributed by atoms with E-state index < -0.39 is 97.5 Å². The van der Waals surface area contributed by atoms with Gasteiger partial charge in [-0.25, -0.2) is 9.13 Å². The number of hydrogen-bond donors (Lipinski definition) is 3. The number of rotatable bonds is 74. The van der Waals surface area contributed by atoms with Gasteiger partial charge in [-0.3, -0.25) is 37.3 Å². The molecule has 586 valence electrons. The van der Waals surface area contributed by atoms with Crippen molar-refractivity contribution in [3.05, 3.63) is 122 Å². The van der Waals surface area contributed by atoms with Crippen LogP contribution in [-0.2, 0) is 65.4 Å². The molecule has 0 radical (unpaired) electrons. The number of aliphatic hydroxyl groups is 1. The molecule has 0 aliphatic rings. The first-order valence-electron chi connectivity index (χ1n) is 39.8. The van der Waals surface area contributed by atoms with Crippen molar-refractivity contribution in [1.82, 2.24) is 0 Å². The number of allylic oxidation sites excluding steroid dienone is 20. The maximum absolute atomic E-state index is 13.1. The Balaban J connectivity index is 5.39. The van der Waals surface area contributed by atoms with Gasteiger partial charge in [0.05, 0.1) is 26.4 Å². The molecule has 0 aromatic heterocycles. The fourth-order valence-corrected chi connectivity index (χ4v) is 11.9. The van der Waals surface area contributed by atoms with E-state index in [2.05, 4.69) is 149 Å². The van der Waals surface area contributed by atoms with Crippen LogP contribution in [0.1, 0.15) is 323 Å². The molecule has 102 heavy (non-hydrogen) atoms. The molecule has 0 spiro atoms. The molecule has 17 nitrogen and oxygen atoms in total. The Labute approximate surface area is 619 Å². The molecule has 0 saturated heterocycles. The molecule has 0 saturated carbocycles. The highest BCUT2D eigenvalue weighted by Gasteiger charge is 2.30. The second kappa shape index (κ2) is 74.7. The van der Waals surface area contributed by atoms with Crippen molar-refractivity contribution in [3.8, 4) is 0 Å². The first-order valence-corrected chi connectivity index (χ1v) is 42.8. The zero-order valence-electron chi connectivity index (χ0n) is 64.0. The van der Waals surface area contributed by atoms with Crippen LogP contribution in [0.2, 0.25) is 0 Å². The lowest BCUT2D eigenvalue weighted by Crippen LogP contribution is -2.30. The van der Waals surface area contributed by atoms with E-state index in [1.54, 1.807) is 0 Å². The monoisotopic (exact) mass is 1470 g/mol. The van der Waals surface area contributed by atoms with Crippen molar-refractivity contribution in [3.63, 3.8) is 0 Å². The van der Waals surface area contributed by atoms with Crippen LogP contribution in [0.5, 0.6) is 0 Å². The maximum atomic E-state index is 13.1. The van der Waals surface area contributed by atoms with E-state index in [0.717, 1.165) is 180 Å². The number of carbonyl (C=O) groups excluding carboxylic acids is 4. The average molecular weight is 1470 g/mol. The molecular formula is C83H142O17P2. The molecule has 0 fully saturated rings. The van der Waals surface area contributed by atoms with E-state index in [4.69, 9.17) is 37.0 Å². The molecule has 0 heterocycles. The van der Waals surface area contributed by atoms with Crippen LogP contribution >= 0.6 is 15.6 Å². The van der Waals surface area contributed by atoms with Crippen molar-refractivity contribution in [2.75, 3.05) is 39.6 Å². The van der Waals surface area contributed by atoms with Gasteiger partial charge in [0.25, 0.3) is 0 Å². The summed E-state index contributed by atoms with van der Waals surface area (Å²) in [7, 11) is -9.97. The number of ether oxygens (including phenoxy) is 4. The average Bonchev–Trinajstić information content (AvgIpc) is 0.924. The van der Waals surface area contributed by atoms with Crippen molar-refractivity contribution >= 4 is 39.5 Å². The summed E-state index contributed by atoms with van der Waals surface area (Å²) in [4.78, 5) is 73.0. The molecule has 0 aromatic carbocycles. The molecule has 3 N–H and O–H groups in total. The number of unbranched alkanes of at least 4 members (excludes halogenated alkanes) is 28. The van der Waals surface area contributed by atoms with Crippen LogP contribution in [0.25, 0.3) is 0 Å². The number of phosphoric acid groups is 2. The third-order valence-corrected chi connectivity index (χ3v) is 18.3. The minimum absolute atomic E-state index is 0.0740. The van der Waals surface area contributed by atoms with Crippen molar-refractivity contribution in [2.45, 2.75) is 341 Å². The van der Waals surface area contributed by atoms with E-state index in [1.807, 2.05) is 0 Å². The molecule has 0 bridgehead atoms. The van der Waals surface area contributed by atoms with Gasteiger partial charge in [-0.1, -0.05) is 265 Å². The fraction of sp³-hybridized carbons (Fsp3) is 0.711. The van der Waals surface area contributed by atoms with Crippen LogP contribution in [0.15, 0.2) is 122 Å². The molecule has 5 atom stereocenters. The summed E-state index contributed by atoms with van der Waals surface area (Å²) in [6, 6.07) is 0. The molecule has 0 amide bonds. The Hall–Kier alpha value is -4.54. The molecule has 5 unspecified atom stereocenters. The second-order valence-electron chi connectivity index (χ2n) is 26.2. The van der Waals surface area contributed by atoms with E-state index in [9.17, 15) is 43.2 Å². The SMILES string of the molecule is CC/C=C\C/C=C\C/C=C\C/C=C\CCCCCCCCC(=O)OCC(COP(=O)(O)OCC(O)COP(=O)(O)OCC(COC(=O)CCCC/C=C\C/C=C\C/C=C\C/C=C\CC)OC(=O)CCCCCCC/C=C\CCCCCC)OC(=O)CCCCCCC/C=C\CCCCCCCC. The molecule has 19 heteroatoms. The number of aliphatic hydroxyl groups excluding tert-OH is 1. The van der Waals surface area contributed by atoms with Crippen molar-refractivity contribution in [2.24, 2.45) is 0 Å². The van der Waals surface area contributed by atoms with Gasteiger partial charge in [0.2, 0.25) is 0 Å². The van der Waals surface area contributed by atoms with E-state index in [1.165, 1.54) is 64.2 Å². The van der Waals surface area contributed by atoms with Gasteiger partial charge in [0.15, 0.2) is 12.2 Å². The van der Waals surface area contributed by atoms with Gasteiger partial charge < -0.3 is 33.8 Å². The summed E-state index contributed by atoms with van der Waals surface area (Å²) in [6.45, 7) is 4.56. The first-order chi connectivity index (χ1) is 49.7. The lowest BCUT2D eigenvalue weighted by Gasteiger charge is -2.21. The summed E-state index contributed by atoms with van der Waals surface area (Å²) in [5.74, 6) is -2.25. The Bertz CT molecular complexity index is 2410. The Morgan fingerprint density at radius 3 is 0.824 bits per heavy atom. The highest BCUT2D eigenvalue weighted by atomic mass is 31.2. The molecule has 0 rings (SSSR count). The van der Waals surface area contributed by atoms with Crippen molar-refractivity contribution < 1.29 is 80.2 Å². The Morgan fingerprint density at radius 1 is 0.284 bits per heavy atom. The lowest BCUT2D eigenvalue weighted by atomic mass is 10.1. The quantitative estimate of drug-likeness (QED) is 0.0169. The van der Waals surface area contributed by atoms with Gasteiger partial charge in [0.1, 0.15) is 19.3 Å². The number of carbonyl (C=O) groups is 4. The van der Waals surface area contributed by atoms with Crippen LogP contribution in [0, 0.1) is 0 Å².